The summed E-state index contributed by atoms with van der Waals surface area (Å²) in [6.45, 7) is 0. The third kappa shape index (κ3) is 2.27. The SMILES string of the molecule is CN(c1ccccc1F)c1ccc(F)c(N)c1C(=O)O. The number of para-hydroxylation sites is 1. The van der Waals surface area contributed by atoms with Gasteiger partial charge in [-0.1, -0.05) is 12.1 Å². The number of carboxylic acids is 1. The van der Waals surface area contributed by atoms with Gasteiger partial charge in [-0.3, -0.25) is 0 Å². The van der Waals surface area contributed by atoms with E-state index in [0.29, 0.717) is 0 Å². The largest absolute Gasteiger partial charge is 0.478 e. The first-order chi connectivity index (χ1) is 9.43. The van der Waals surface area contributed by atoms with Gasteiger partial charge in [-0.2, -0.15) is 0 Å². The predicted molar refractivity (Wildman–Crippen MR) is 72.2 cm³/mol. The van der Waals surface area contributed by atoms with Crippen molar-refractivity contribution in [2.24, 2.45) is 0 Å². The summed E-state index contributed by atoms with van der Waals surface area (Å²) in [5.41, 5.74) is 4.88. The summed E-state index contributed by atoms with van der Waals surface area (Å²) in [5.74, 6) is -2.72. The van der Waals surface area contributed by atoms with Gasteiger partial charge in [-0.05, 0) is 24.3 Å². The smallest absolute Gasteiger partial charge is 0.340 e. The topological polar surface area (TPSA) is 66.6 Å². The van der Waals surface area contributed by atoms with Crippen LogP contribution in [0.5, 0.6) is 0 Å². The first-order valence-electron chi connectivity index (χ1n) is 5.73. The molecule has 104 valence electrons. The highest BCUT2D eigenvalue weighted by Gasteiger charge is 2.21. The van der Waals surface area contributed by atoms with Crippen LogP contribution in [0.2, 0.25) is 0 Å². The molecule has 0 atom stereocenters. The van der Waals surface area contributed by atoms with E-state index >= 15 is 0 Å². The molecule has 2 aromatic rings. The van der Waals surface area contributed by atoms with Gasteiger partial charge in [0.05, 0.1) is 17.1 Å². The van der Waals surface area contributed by atoms with Crippen molar-refractivity contribution in [3.63, 3.8) is 0 Å². The minimum absolute atomic E-state index is 0.113. The van der Waals surface area contributed by atoms with Crippen LogP contribution >= 0.6 is 0 Å². The van der Waals surface area contributed by atoms with Gasteiger partial charge in [0.25, 0.3) is 0 Å². The normalized spacial score (nSPS) is 10.3. The van der Waals surface area contributed by atoms with Gasteiger partial charge in [0.2, 0.25) is 0 Å². The van der Waals surface area contributed by atoms with Crippen LogP contribution in [0, 0.1) is 11.6 Å². The molecule has 0 aromatic heterocycles. The van der Waals surface area contributed by atoms with Gasteiger partial charge in [0.1, 0.15) is 17.2 Å². The number of nitrogens with two attached hydrogens (primary N) is 1. The number of nitrogens with zero attached hydrogens (tertiary/aromatic N) is 1. The molecule has 4 nitrogen and oxygen atoms in total. The van der Waals surface area contributed by atoms with Crippen LogP contribution in [-0.4, -0.2) is 18.1 Å². The van der Waals surface area contributed by atoms with Crippen molar-refractivity contribution in [2.45, 2.75) is 0 Å². The Kier molecular flexibility index (Phi) is 3.56. The Bertz CT molecular complexity index is 674. The molecular weight excluding hydrogens is 266 g/mol. The first-order valence-corrected chi connectivity index (χ1v) is 5.73. The number of nitrogen functional groups attached to an aromatic ring is 1. The lowest BCUT2D eigenvalue weighted by atomic mass is 10.1. The lowest BCUT2D eigenvalue weighted by Gasteiger charge is -2.22. The number of carbonyl (C=O) groups is 1. The van der Waals surface area contributed by atoms with E-state index in [0.717, 1.165) is 6.07 Å². The van der Waals surface area contributed by atoms with Gasteiger partial charge in [-0.15, -0.1) is 0 Å². The molecule has 0 heterocycles. The van der Waals surface area contributed by atoms with Gasteiger partial charge >= 0.3 is 5.97 Å². The Morgan fingerprint density at radius 2 is 1.75 bits per heavy atom. The number of hydrogen-bond acceptors (Lipinski definition) is 3. The molecule has 0 saturated heterocycles. The van der Waals surface area contributed by atoms with Crippen molar-refractivity contribution in [2.75, 3.05) is 17.7 Å². The average molecular weight is 278 g/mol. The molecule has 0 aliphatic heterocycles. The van der Waals surface area contributed by atoms with E-state index in [-0.39, 0.29) is 11.4 Å². The Morgan fingerprint density at radius 1 is 1.10 bits per heavy atom. The van der Waals surface area contributed by atoms with Gasteiger partial charge in [0, 0.05) is 7.05 Å². The Balaban J connectivity index is 2.61. The third-order valence-corrected chi connectivity index (χ3v) is 2.96. The maximum Gasteiger partial charge on any atom is 0.340 e. The Morgan fingerprint density at radius 3 is 2.35 bits per heavy atom. The van der Waals surface area contributed by atoms with Crippen molar-refractivity contribution in [3.8, 4) is 0 Å². The third-order valence-electron chi connectivity index (χ3n) is 2.96. The van der Waals surface area contributed by atoms with Crippen molar-refractivity contribution in [1.29, 1.82) is 0 Å². The Hall–Kier alpha value is -2.63. The van der Waals surface area contributed by atoms with Crippen LogP contribution in [0.15, 0.2) is 36.4 Å². The fourth-order valence-corrected chi connectivity index (χ4v) is 1.94. The van der Waals surface area contributed by atoms with Gasteiger partial charge in [0.15, 0.2) is 0 Å². The standard InChI is InChI=1S/C14H12F2N2O2/c1-18(10-5-3-2-4-8(10)15)11-7-6-9(16)13(17)12(11)14(19)20/h2-7H,17H2,1H3,(H,19,20). The van der Waals surface area contributed by atoms with E-state index in [9.17, 15) is 13.6 Å². The monoisotopic (exact) mass is 278 g/mol. The molecule has 0 unspecified atom stereocenters. The van der Waals surface area contributed by atoms with Gasteiger partial charge < -0.3 is 15.7 Å². The molecule has 20 heavy (non-hydrogen) atoms. The molecule has 2 aromatic carbocycles. The first kappa shape index (κ1) is 13.8. The molecule has 0 aliphatic carbocycles. The van der Waals surface area contributed by atoms with Crippen LogP contribution in [0.3, 0.4) is 0 Å². The van der Waals surface area contributed by atoms with Crippen LogP contribution in [0.25, 0.3) is 0 Å². The number of aromatic carboxylic acids is 1. The maximum absolute atomic E-state index is 13.7. The summed E-state index contributed by atoms with van der Waals surface area (Å²) in [4.78, 5) is 12.6. The van der Waals surface area contributed by atoms with Crippen LogP contribution in [0.1, 0.15) is 10.4 Å². The molecule has 2 rings (SSSR count). The molecule has 3 N–H and O–H groups in total. The fraction of sp³-hybridized carbons (Fsp3) is 0.0714. The fourth-order valence-electron chi connectivity index (χ4n) is 1.94. The lowest BCUT2D eigenvalue weighted by Crippen LogP contribution is -2.17. The number of halogens is 2. The van der Waals surface area contributed by atoms with Crippen molar-refractivity contribution < 1.29 is 18.7 Å². The molecule has 0 spiro atoms. The molecule has 0 saturated carbocycles. The number of hydrogen-bond donors (Lipinski definition) is 2. The van der Waals surface area contributed by atoms with Crippen molar-refractivity contribution in [1.82, 2.24) is 0 Å². The van der Waals surface area contributed by atoms with Crippen LogP contribution in [0.4, 0.5) is 25.8 Å². The summed E-state index contributed by atoms with van der Waals surface area (Å²) in [6.07, 6.45) is 0. The highest BCUT2D eigenvalue weighted by molar-refractivity contribution is 6.01. The van der Waals surface area contributed by atoms with Gasteiger partial charge in [-0.25, -0.2) is 13.6 Å². The van der Waals surface area contributed by atoms with E-state index < -0.39 is 28.9 Å². The summed E-state index contributed by atoms with van der Waals surface area (Å²) in [5, 5.41) is 9.17. The van der Waals surface area contributed by atoms with E-state index in [1.807, 2.05) is 0 Å². The Labute approximate surface area is 114 Å². The molecule has 0 aliphatic rings. The highest BCUT2D eigenvalue weighted by Crippen LogP contribution is 2.33. The van der Waals surface area contributed by atoms with E-state index in [4.69, 9.17) is 10.8 Å². The zero-order valence-electron chi connectivity index (χ0n) is 10.6. The molecule has 0 fully saturated rings. The van der Waals surface area contributed by atoms with E-state index in [1.165, 1.54) is 36.2 Å². The van der Waals surface area contributed by atoms with Crippen molar-refractivity contribution in [3.05, 3.63) is 53.6 Å². The molecule has 6 heteroatoms. The zero-order chi connectivity index (χ0) is 14.9. The van der Waals surface area contributed by atoms with Crippen LogP contribution in [-0.2, 0) is 0 Å². The number of rotatable bonds is 3. The number of benzene rings is 2. The average Bonchev–Trinajstić information content (AvgIpc) is 2.41. The van der Waals surface area contributed by atoms with Crippen molar-refractivity contribution >= 4 is 23.0 Å². The summed E-state index contributed by atoms with van der Waals surface area (Å²) in [6, 6.07) is 8.17. The molecular formula is C14H12F2N2O2. The van der Waals surface area contributed by atoms with E-state index in [1.54, 1.807) is 6.07 Å². The second-order valence-electron chi connectivity index (χ2n) is 4.17. The summed E-state index contributed by atoms with van der Waals surface area (Å²) in [7, 11) is 1.48. The molecule has 0 radical (unpaired) electrons. The maximum atomic E-state index is 13.7. The number of anilines is 3. The highest BCUT2D eigenvalue weighted by atomic mass is 19.1. The minimum Gasteiger partial charge on any atom is -0.478 e. The summed E-state index contributed by atoms with van der Waals surface area (Å²) >= 11 is 0. The quantitative estimate of drug-likeness (QED) is 0.847. The minimum atomic E-state index is -1.37. The molecule has 0 amide bonds. The lowest BCUT2D eigenvalue weighted by molar-refractivity contribution is 0.0698. The predicted octanol–water partition coefficient (Wildman–Crippen LogP) is 3.01. The van der Waals surface area contributed by atoms with Crippen LogP contribution < -0.4 is 10.6 Å². The molecule has 0 bridgehead atoms. The summed E-state index contributed by atoms with van der Waals surface area (Å²) < 4.78 is 27.1. The number of carboxylic acid groups (broad SMARTS) is 1. The second kappa shape index (κ2) is 5.16. The zero-order valence-corrected chi connectivity index (χ0v) is 10.6. The van der Waals surface area contributed by atoms with E-state index in [2.05, 4.69) is 0 Å². The second-order valence-corrected chi connectivity index (χ2v) is 4.17.